The first-order chi connectivity index (χ1) is 9.11. The molecule has 1 saturated heterocycles. The van der Waals surface area contributed by atoms with E-state index in [0.29, 0.717) is 18.7 Å². The summed E-state index contributed by atoms with van der Waals surface area (Å²) in [6, 6.07) is 5.39. The van der Waals surface area contributed by atoms with E-state index in [4.69, 9.17) is 0 Å². The number of rotatable bonds is 2. The molecule has 3 rings (SSSR count). The van der Waals surface area contributed by atoms with Gasteiger partial charge >= 0.3 is 0 Å². The first-order valence-electron chi connectivity index (χ1n) is 6.51. The second-order valence-corrected chi connectivity index (χ2v) is 5.20. The summed E-state index contributed by atoms with van der Waals surface area (Å²) >= 11 is 0. The average Bonchev–Trinajstić information content (AvgIpc) is 2.76. The number of likely N-dealkylation sites (tertiary alicyclic amines) is 1. The van der Waals surface area contributed by atoms with E-state index in [2.05, 4.69) is 9.88 Å². The summed E-state index contributed by atoms with van der Waals surface area (Å²) in [6.07, 6.45) is 2.35. The van der Waals surface area contributed by atoms with Crippen molar-refractivity contribution in [3.8, 4) is 0 Å². The maximum atomic E-state index is 12.0. The fourth-order valence-corrected chi connectivity index (χ4v) is 2.52. The number of hydrogen-bond donors (Lipinski definition) is 1. The maximum absolute atomic E-state index is 12.0. The standard InChI is InChI=1S/C14H17N3O2/c1-10-2-3-13-15-11(6-14(19)17(13)7-10)8-16-5-4-12(18)9-16/h2-3,6-7,12,18H,4-5,8-9H2,1H3/t12-/m1/s1. The van der Waals surface area contributed by atoms with E-state index >= 15 is 0 Å². The Labute approximate surface area is 111 Å². The van der Waals surface area contributed by atoms with Crippen molar-refractivity contribution in [2.45, 2.75) is 26.0 Å². The largest absolute Gasteiger partial charge is 0.392 e. The quantitative estimate of drug-likeness (QED) is 0.856. The number of pyridine rings is 1. The molecule has 1 aliphatic rings. The number of aromatic nitrogens is 2. The van der Waals surface area contributed by atoms with Gasteiger partial charge in [-0.2, -0.15) is 0 Å². The van der Waals surface area contributed by atoms with Gasteiger partial charge in [0.15, 0.2) is 0 Å². The smallest absolute Gasteiger partial charge is 0.258 e. The summed E-state index contributed by atoms with van der Waals surface area (Å²) in [5.41, 5.74) is 2.42. The second kappa shape index (κ2) is 4.75. The molecule has 5 heteroatoms. The van der Waals surface area contributed by atoms with Gasteiger partial charge in [0.05, 0.1) is 11.8 Å². The lowest BCUT2D eigenvalue weighted by molar-refractivity contribution is 0.174. The van der Waals surface area contributed by atoms with Crippen molar-refractivity contribution in [3.05, 3.63) is 46.0 Å². The van der Waals surface area contributed by atoms with Gasteiger partial charge in [0.25, 0.3) is 5.56 Å². The van der Waals surface area contributed by atoms with Crippen LogP contribution < -0.4 is 5.56 Å². The third-order valence-electron chi connectivity index (χ3n) is 3.49. The molecule has 1 atom stereocenters. The molecule has 0 radical (unpaired) electrons. The highest BCUT2D eigenvalue weighted by molar-refractivity contribution is 5.39. The van der Waals surface area contributed by atoms with Crippen LogP contribution >= 0.6 is 0 Å². The van der Waals surface area contributed by atoms with Crippen LogP contribution in [0.5, 0.6) is 0 Å². The minimum Gasteiger partial charge on any atom is -0.392 e. The van der Waals surface area contributed by atoms with Crippen LogP contribution in [-0.2, 0) is 6.54 Å². The number of β-amino-alcohol motifs (C(OH)–C–C–N with tert-alkyl or cyclic N) is 1. The molecule has 0 bridgehead atoms. The number of aliphatic hydroxyl groups excluding tert-OH is 1. The number of aliphatic hydroxyl groups is 1. The fourth-order valence-electron chi connectivity index (χ4n) is 2.52. The molecule has 2 aromatic rings. The van der Waals surface area contributed by atoms with Gasteiger partial charge in [0.2, 0.25) is 0 Å². The Bertz CT molecular complexity index is 665. The van der Waals surface area contributed by atoms with E-state index < -0.39 is 0 Å². The molecule has 3 heterocycles. The van der Waals surface area contributed by atoms with Gasteiger partial charge in [-0.1, -0.05) is 6.07 Å². The lowest BCUT2D eigenvalue weighted by Gasteiger charge is -2.14. The van der Waals surface area contributed by atoms with Crippen LogP contribution in [0.3, 0.4) is 0 Å². The third-order valence-corrected chi connectivity index (χ3v) is 3.49. The first kappa shape index (κ1) is 12.3. The molecule has 1 fully saturated rings. The zero-order valence-electron chi connectivity index (χ0n) is 10.9. The van der Waals surface area contributed by atoms with Crippen LogP contribution in [0, 0.1) is 6.92 Å². The average molecular weight is 259 g/mol. The van der Waals surface area contributed by atoms with E-state index in [0.717, 1.165) is 24.2 Å². The number of nitrogens with zero attached hydrogens (tertiary/aromatic N) is 3. The molecule has 0 spiro atoms. The first-order valence-corrected chi connectivity index (χ1v) is 6.51. The van der Waals surface area contributed by atoms with E-state index in [-0.39, 0.29) is 11.7 Å². The normalized spacial score (nSPS) is 20.2. The highest BCUT2D eigenvalue weighted by atomic mass is 16.3. The van der Waals surface area contributed by atoms with Gasteiger partial charge in [-0.05, 0) is 25.0 Å². The fraction of sp³-hybridized carbons (Fsp3) is 0.429. The molecule has 0 amide bonds. The molecule has 1 N–H and O–H groups in total. The van der Waals surface area contributed by atoms with Crippen molar-refractivity contribution < 1.29 is 5.11 Å². The molecular weight excluding hydrogens is 242 g/mol. The Morgan fingerprint density at radius 3 is 3.05 bits per heavy atom. The Balaban J connectivity index is 1.93. The second-order valence-electron chi connectivity index (χ2n) is 5.20. The van der Waals surface area contributed by atoms with E-state index in [1.54, 1.807) is 16.7 Å². The Morgan fingerprint density at radius 2 is 2.32 bits per heavy atom. The number of aryl methyl sites for hydroxylation is 1. The predicted octanol–water partition coefficient (Wildman–Crippen LogP) is 0.570. The molecule has 1 aliphatic heterocycles. The van der Waals surface area contributed by atoms with Crippen molar-refractivity contribution in [2.24, 2.45) is 0 Å². The van der Waals surface area contributed by atoms with Gasteiger partial charge in [-0.15, -0.1) is 0 Å². The summed E-state index contributed by atoms with van der Waals surface area (Å²) < 4.78 is 1.57. The lowest BCUT2D eigenvalue weighted by Crippen LogP contribution is -2.24. The van der Waals surface area contributed by atoms with Crippen molar-refractivity contribution in [2.75, 3.05) is 13.1 Å². The van der Waals surface area contributed by atoms with E-state index in [1.165, 1.54) is 0 Å². The highest BCUT2D eigenvalue weighted by Gasteiger charge is 2.20. The third kappa shape index (κ3) is 2.52. The Kier molecular flexibility index (Phi) is 3.08. The minimum absolute atomic E-state index is 0.0524. The predicted molar refractivity (Wildman–Crippen MR) is 72.1 cm³/mol. The SMILES string of the molecule is Cc1ccc2nc(CN3CC[C@@H](O)C3)cc(=O)n2c1. The summed E-state index contributed by atoms with van der Waals surface area (Å²) in [6.45, 7) is 4.09. The van der Waals surface area contributed by atoms with Crippen molar-refractivity contribution in [1.82, 2.24) is 14.3 Å². The molecule has 19 heavy (non-hydrogen) atoms. The van der Waals surface area contributed by atoms with Crippen molar-refractivity contribution in [3.63, 3.8) is 0 Å². The van der Waals surface area contributed by atoms with Gasteiger partial charge in [0.1, 0.15) is 5.65 Å². The zero-order chi connectivity index (χ0) is 13.4. The van der Waals surface area contributed by atoms with Crippen molar-refractivity contribution in [1.29, 1.82) is 0 Å². The Morgan fingerprint density at radius 1 is 1.47 bits per heavy atom. The molecule has 0 unspecified atom stereocenters. The summed E-state index contributed by atoms with van der Waals surface area (Å²) in [4.78, 5) is 18.7. The molecule has 0 aromatic carbocycles. The topological polar surface area (TPSA) is 57.8 Å². The Hall–Kier alpha value is -1.72. The van der Waals surface area contributed by atoms with Crippen LogP contribution in [-0.4, -0.2) is 38.6 Å². The summed E-state index contributed by atoms with van der Waals surface area (Å²) in [5.74, 6) is 0. The molecule has 0 aliphatic carbocycles. The van der Waals surface area contributed by atoms with E-state index in [9.17, 15) is 9.90 Å². The minimum atomic E-state index is -0.246. The van der Waals surface area contributed by atoms with Gasteiger partial charge in [-0.3, -0.25) is 14.1 Å². The van der Waals surface area contributed by atoms with Crippen LogP contribution in [0.4, 0.5) is 0 Å². The zero-order valence-corrected chi connectivity index (χ0v) is 10.9. The van der Waals surface area contributed by atoms with Gasteiger partial charge in [-0.25, -0.2) is 4.98 Å². The highest BCUT2D eigenvalue weighted by Crippen LogP contribution is 2.12. The molecule has 0 saturated carbocycles. The molecule has 100 valence electrons. The van der Waals surface area contributed by atoms with Crippen LogP contribution in [0.2, 0.25) is 0 Å². The lowest BCUT2D eigenvalue weighted by atomic mass is 10.3. The van der Waals surface area contributed by atoms with Crippen LogP contribution in [0.15, 0.2) is 29.2 Å². The van der Waals surface area contributed by atoms with Gasteiger partial charge < -0.3 is 5.11 Å². The molecular formula is C14H17N3O2. The summed E-state index contributed by atoms with van der Waals surface area (Å²) in [5, 5.41) is 9.51. The maximum Gasteiger partial charge on any atom is 0.258 e. The molecule has 2 aromatic heterocycles. The van der Waals surface area contributed by atoms with Crippen LogP contribution in [0.25, 0.3) is 5.65 Å². The van der Waals surface area contributed by atoms with E-state index in [1.807, 2.05) is 19.1 Å². The van der Waals surface area contributed by atoms with Crippen LogP contribution in [0.1, 0.15) is 17.7 Å². The number of hydrogen-bond acceptors (Lipinski definition) is 4. The van der Waals surface area contributed by atoms with Crippen molar-refractivity contribution >= 4 is 5.65 Å². The number of fused-ring (bicyclic) bond motifs is 1. The summed E-state index contributed by atoms with van der Waals surface area (Å²) in [7, 11) is 0. The van der Waals surface area contributed by atoms with Gasteiger partial charge in [0, 0.05) is 31.9 Å². The molecule has 5 nitrogen and oxygen atoms in total. The monoisotopic (exact) mass is 259 g/mol.